The van der Waals surface area contributed by atoms with E-state index in [1.807, 2.05) is 21.1 Å². The Balaban J connectivity index is 4.19. The molecular weight excluding hydrogens is 911 g/mol. The lowest BCUT2D eigenvalue weighted by Crippen LogP contribution is -2.40. The Hall–Kier alpha value is -4.57. The molecule has 2 unspecified atom stereocenters. The van der Waals surface area contributed by atoms with Gasteiger partial charge >= 0.3 is 17.9 Å². The summed E-state index contributed by atoms with van der Waals surface area (Å²) in [7, 11) is 5.94. The van der Waals surface area contributed by atoms with Crippen LogP contribution in [0.25, 0.3) is 0 Å². The van der Waals surface area contributed by atoms with Gasteiger partial charge < -0.3 is 28.5 Å². The number of likely N-dealkylation sites (N-methyl/N-ethyl adjacent to an activating group) is 1. The molecule has 73 heavy (non-hydrogen) atoms. The molecule has 0 amide bonds. The number of carboxylic acid groups (broad SMARTS) is 1. The Bertz CT molecular complexity index is 1650. The van der Waals surface area contributed by atoms with Crippen molar-refractivity contribution in [2.45, 2.75) is 206 Å². The molecule has 2 atom stereocenters. The van der Waals surface area contributed by atoms with Crippen LogP contribution in [0.1, 0.15) is 194 Å². The molecule has 9 heteroatoms. The fourth-order valence-electron chi connectivity index (χ4n) is 7.07. The first-order valence-electron chi connectivity index (χ1n) is 28.3. The largest absolute Gasteiger partial charge is 0.477 e. The van der Waals surface area contributed by atoms with Crippen molar-refractivity contribution in [1.29, 1.82) is 0 Å². The summed E-state index contributed by atoms with van der Waals surface area (Å²) < 4.78 is 22.7. The first kappa shape index (κ1) is 68.4. The summed E-state index contributed by atoms with van der Waals surface area (Å²) >= 11 is 0. The Morgan fingerprint density at radius 2 is 0.781 bits per heavy atom. The van der Waals surface area contributed by atoms with Crippen molar-refractivity contribution in [2.75, 3.05) is 47.5 Å². The molecule has 0 saturated heterocycles. The van der Waals surface area contributed by atoms with Crippen molar-refractivity contribution in [2.24, 2.45) is 0 Å². The van der Waals surface area contributed by atoms with E-state index in [0.717, 1.165) is 122 Å². The maximum Gasteiger partial charge on any atom is 0.361 e. The Morgan fingerprint density at radius 3 is 1.16 bits per heavy atom. The van der Waals surface area contributed by atoms with Crippen LogP contribution in [-0.2, 0) is 33.3 Å². The lowest BCUT2D eigenvalue weighted by molar-refractivity contribution is -0.870. The van der Waals surface area contributed by atoms with Gasteiger partial charge in [-0.15, -0.1) is 0 Å². The second-order valence-electron chi connectivity index (χ2n) is 19.5. The summed E-state index contributed by atoms with van der Waals surface area (Å²) in [4.78, 5) is 37.2. The number of hydrogen-bond acceptors (Lipinski definition) is 7. The van der Waals surface area contributed by atoms with Crippen LogP contribution in [0.4, 0.5) is 0 Å². The highest BCUT2D eigenvalue weighted by atomic mass is 16.7. The third-order valence-electron chi connectivity index (χ3n) is 11.4. The van der Waals surface area contributed by atoms with Crippen LogP contribution in [0.15, 0.2) is 134 Å². The number of rotatable bonds is 50. The van der Waals surface area contributed by atoms with Crippen molar-refractivity contribution < 1.29 is 42.9 Å². The maximum atomic E-state index is 12.8. The van der Waals surface area contributed by atoms with Crippen molar-refractivity contribution >= 4 is 17.9 Å². The monoisotopic (exact) mass is 1010 g/mol. The van der Waals surface area contributed by atoms with Crippen LogP contribution in [0.5, 0.6) is 0 Å². The number of hydrogen-bond donors (Lipinski definition) is 1. The molecule has 0 radical (unpaired) electrons. The number of ether oxygens (including phenoxy) is 4. The van der Waals surface area contributed by atoms with Crippen LogP contribution in [0.3, 0.4) is 0 Å². The van der Waals surface area contributed by atoms with E-state index in [4.69, 9.17) is 18.9 Å². The molecule has 412 valence electrons. The standard InChI is InChI=1S/C64H103NO8/c1-6-8-10-12-14-16-17-18-19-20-21-22-23-24-25-26-27-28-29-30-31-32-33-34-35-36-37-38-39-40-41-42-43-44-45-47-49-51-53-55-62(67)73-60(59-72-64(63(68)69)70-57-56-65(3,4)5)58-71-61(66)54-52-50-48-46-15-13-11-9-7-2/h8,10,14,16,18-19,21-22,24-25,27-28,30-31,33-34,36-37,39-40,42-43,60,64H,6-7,9,11-13,15,17,20,23,26,29,32,35,38,41,44-59H2,1-5H3/p+1/b10-8-,16-14-,19-18-,22-21-,25-24-,28-27-,31-30-,34-33-,37-36-,40-39-,43-42-. The first-order chi connectivity index (χ1) is 35.6. The van der Waals surface area contributed by atoms with E-state index >= 15 is 0 Å². The molecular formula is C64H104NO8+. The summed E-state index contributed by atoms with van der Waals surface area (Å²) in [5, 5.41) is 9.65. The third kappa shape index (κ3) is 55.0. The van der Waals surface area contributed by atoms with E-state index < -0.39 is 24.3 Å². The van der Waals surface area contributed by atoms with Crippen LogP contribution >= 0.6 is 0 Å². The van der Waals surface area contributed by atoms with E-state index in [2.05, 4.69) is 148 Å². The predicted octanol–water partition coefficient (Wildman–Crippen LogP) is 16.7. The zero-order valence-corrected chi connectivity index (χ0v) is 46.7. The average Bonchev–Trinajstić information content (AvgIpc) is 3.36. The topological polar surface area (TPSA) is 108 Å². The van der Waals surface area contributed by atoms with Gasteiger partial charge in [0, 0.05) is 12.8 Å². The van der Waals surface area contributed by atoms with Crippen LogP contribution < -0.4 is 0 Å². The Kier molecular flexibility index (Phi) is 50.4. The molecule has 0 spiro atoms. The second-order valence-corrected chi connectivity index (χ2v) is 19.5. The van der Waals surface area contributed by atoms with Crippen molar-refractivity contribution in [3.05, 3.63) is 134 Å². The number of nitrogens with zero attached hydrogens (tertiary/aromatic N) is 1. The quantitative estimate of drug-likeness (QED) is 0.0211. The van der Waals surface area contributed by atoms with Gasteiger partial charge in [-0.2, -0.15) is 0 Å². The van der Waals surface area contributed by atoms with Gasteiger partial charge in [0.1, 0.15) is 13.2 Å². The summed E-state index contributed by atoms with van der Waals surface area (Å²) in [6.45, 7) is 4.68. The van der Waals surface area contributed by atoms with E-state index in [1.54, 1.807) is 0 Å². The number of carbonyl (C=O) groups excluding carboxylic acids is 2. The lowest BCUT2D eigenvalue weighted by Gasteiger charge is -2.25. The van der Waals surface area contributed by atoms with Crippen LogP contribution in [0, 0.1) is 0 Å². The lowest BCUT2D eigenvalue weighted by atomic mass is 10.1. The molecule has 0 aliphatic rings. The number of allylic oxidation sites excluding steroid dienone is 22. The zero-order valence-electron chi connectivity index (χ0n) is 46.7. The summed E-state index contributed by atoms with van der Waals surface area (Å²) in [6, 6.07) is 0. The minimum atomic E-state index is -1.52. The van der Waals surface area contributed by atoms with Gasteiger partial charge in [-0.3, -0.25) is 9.59 Å². The number of unbranched alkanes of at least 4 members (excludes halogenated alkanes) is 13. The molecule has 0 fully saturated rings. The van der Waals surface area contributed by atoms with Gasteiger partial charge in [0.2, 0.25) is 0 Å². The molecule has 0 bridgehead atoms. The third-order valence-corrected chi connectivity index (χ3v) is 11.4. The zero-order chi connectivity index (χ0) is 53.4. The smallest absolute Gasteiger partial charge is 0.361 e. The van der Waals surface area contributed by atoms with E-state index in [0.29, 0.717) is 23.9 Å². The minimum Gasteiger partial charge on any atom is -0.477 e. The second kappa shape index (κ2) is 53.7. The van der Waals surface area contributed by atoms with Gasteiger partial charge in [-0.05, 0) is 96.3 Å². The Labute approximate surface area is 446 Å². The molecule has 0 aromatic rings. The highest BCUT2D eigenvalue weighted by Gasteiger charge is 2.25. The normalized spacial score (nSPS) is 13.8. The van der Waals surface area contributed by atoms with E-state index in [9.17, 15) is 19.5 Å². The van der Waals surface area contributed by atoms with Crippen molar-refractivity contribution in [3.63, 3.8) is 0 Å². The highest BCUT2D eigenvalue weighted by molar-refractivity contribution is 5.71. The number of carboxylic acids is 1. The molecule has 0 aromatic carbocycles. The Morgan fingerprint density at radius 1 is 0.425 bits per heavy atom. The molecule has 0 aliphatic carbocycles. The molecule has 0 heterocycles. The SMILES string of the molecule is CC/C=C\C/C=C\C/C=C\C/C=C\C/C=C\C/C=C\C/C=C\C/C=C\C/C=C\C/C=C\C/C=C\CCCCCCCC(=O)OC(COC(=O)CCCCCCCCCCC)COC(OCC[N+](C)(C)C)C(=O)O. The summed E-state index contributed by atoms with van der Waals surface area (Å²) in [6.07, 6.45) is 74.1. The molecule has 0 saturated carbocycles. The van der Waals surface area contributed by atoms with Gasteiger partial charge in [0.05, 0.1) is 34.4 Å². The van der Waals surface area contributed by atoms with E-state index in [-0.39, 0.29) is 32.2 Å². The number of esters is 2. The molecule has 0 rings (SSSR count). The number of carbonyl (C=O) groups is 3. The fraction of sp³-hybridized carbons (Fsp3) is 0.609. The van der Waals surface area contributed by atoms with E-state index in [1.165, 1.54) is 38.5 Å². The molecule has 1 N–H and O–H groups in total. The van der Waals surface area contributed by atoms with Crippen molar-refractivity contribution in [1.82, 2.24) is 0 Å². The predicted molar refractivity (Wildman–Crippen MR) is 308 cm³/mol. The first-order valence-corrected chi connectivity index (χ1v) is 28.3. The summed E-state index contributed by atoms with van der Waals surface area (Å²) in [5.74, 6) is -2.05. The number of aliphatic carboxylic acids is 1. The number of quaternary nitrogens is 1. The van der Waals surface area contributed by atoms with Gasteiger partial charge in [0.25, 0.3) is 6.29 Å². The van der Waals surface area contributed by atoms with Crippen LogP contribution in [-0.4, -0.2) is 87.4 Å². The van der Waals surface area contributed by atoms with Gasteiger partial charge in [0.15, 0.2) is 6.10 Å². The molecule has 0 aliphatic heterocycles. The molecule has 0 aromatic heterocycles. The average molecular weight is 1020 g/mol. The van der Waals surface area contributed by atoms with Crippen LogP contribution in [0.2, 0.25) is 0 Å². The summed E-state index contributed by atoms with van der Waals surface area (Å²) in [5.41, 5.74) is 0. The highest BCUT2D eigenvalue weighted by Crippen LogP contribution is 2.13. The van der Waals surface area contributed by atoms with Crippen molar-refractivity contribution in [3.8, 4) is 0 Å². The van der Waals surface area contributed by atoms with Gasteiger partial charge in [-0.1, -0.05) is 218 Å². The molecule has 9 nitrogen and oxygen atoms in total. The van der Waals surface area contributed by atoms with Gasteiger partial charge in [-0.25, -0.2) is 4.79 Å². The fourth-order valence-corrected chi connectivity index (χ4v) is 7.07. The minimum absolute atomic E-state index is 0.178. The maximum absolute atomic E-state index is 12.8.